The molecule has 0 atom stereocenters. The molecule has 182 valence electrons. The normalized spacial score (nSPS) is 12.2. The number of nitrogens with zero attached hydrogens (tertiary/aromatic N) is 2. The van der Waals surface area contributed by atoms with E-state index in [1.807, 2.05) is 19.1 Å². The molecule has 10 heteroatoms. The highest BCUT2D eigenvalue weighted by atomic mass is 32.2. The van der Waals surface area contributed by atoms with E-state index in [1.165, 1.54) is 24.5 Å². The third-order valence-corrected chi connectivity index (χ3v) is 6.80. The van der Waals surface area contributed by atoms with Gasteiger partial charge in [0.15, 0.2) is 17.2 Å². The Hall–Kier alpha value is -4.44. The molecule has 0 saturated heterocycles. The number of nitrogens with one attached hydrogen (secondary N) is 1. The highest BCUT2D eigenvalue weighted by Gasteiger charge is 2.23. The molecular weight excluding hydrogens is 482 g/mol. The molecule has 0 aliphatic carbocycles. The number of hydrogen-bond donors (Lipinski definition) is 1. The first-order valence-corrected chi connectivity index (χ1v) is 12.4. The number of carbonyl (C=O) groups is 1. The van der Waals surface area contributed by atoms with E-state index >= 15 is 0 Å². The minimum atomic E-state index is -4.07. The number of amides is 1. The Balaban J connectivity index is 1.30. The van der Waals surface area contributed by atoms with Crippen LogP contribution in [0.1, 0.15) is 21.6 Å². The summed E-state index contributed by atoms with van der Waals surface area (Å²) in [6.45, 7) is 2.35. The van der Waals surface area contributed by atoms with Crippen LogP contribution in [0.25, 0.3) is 11.3 Å². The number of rotatable bonds is 7. The van der Waals surface area contributed by atoms with E-state index in [0.717, 1.165) is 11.1 Å². The van der Waals surface area contributed by atoms with Gasteiger partial charge >= 0.3 is 0 Å². The molecule has 0 bridgehead atoms. The fourth-order valence-electron chi connectivity index (χ4n) is 3.55. The Morgan fingerprint density at radius 1 is 0.944 bits per heavy atom. The zero-order valence-electron chi connectivity index (χ0n) is 19.2. The van der Waals surface area contributed by atoms with Gasteiger partial charge in [-0.3, -0.25) is 9.78 Å². The first kappa shape index (κ1) is 23.3. The van der Waals surface area contributed by atoms with Crippen molar-refractivity contribution in [2.45, 2.75) is 18.4 Å². The van der Waals surface area contributed by atoms with Crippen molar-refractivity contribution in [2.24, 2.45) is 0 Å². The topological polar surface area (TPSA) is 117 Å². The molecule has 0 fully saturated rings. The summed E-state index contributed by atoms with van der Waals surface area (Å²) in [5.74, 6) is 1.10. The lowest BCUT2D eigenvalue weighted by Crippen LogP contribution is -2.31. The van der Waals surface area contributed by atoms with Crippen LogP contribution in [0.4, 0.5) is 0 Å². The fraction of sp³-hybridized carbons (Fsp3) is 0.115. The predicted molar refractivity (Wildman–Crippen MR) is 130 cm³/mol. The Labute approximate surface area is 207 Å². The van der Waals surface area contributed by atoms with Crippen LogP contribution in [-0.2, 0) is 16.6 Å². The molecule has 0 unspecified atom stereocenters. The SMILES string of the molecule is Cc1ccc(S(=O)(=O)NC(=O)c2nccnc2-c2ccc(COc3ccc4c(c3)OCO4)cc2)cc1. The largest absolute Gasteiger partial charge is 0.489 e. The van der Waals surface area contributed by atoms with E-state index in [0.29, 0.717) is 29.4 Å². The van der Waals surface area contributed by atoms with Crippen LogP contribution in [0.15, 0.2) is 84.0 Å². The number of sulfonamides is 1. The molecule has 1 aromatic heterocycles. The second-order valence-corrected chi connectivity index (χ2v) is 9.68. The molecule has 2 heterocycles. The predicted octanol–water partition coefficient (Wildman–Crippen LogP) is 3.88. The zero-order valence-corrected chi connectivity index (χ0v) is 20.0. The van der Waals surface area contributed by atoms with Crippen molar-refractivity contribution in [3.8, 4) is 28.5 Å². The minimum absolute atomic E-state index is 0.0151. The average molecular weight is 504 g/mol. The van der Waals surface area contributed by atoms with E-state index in [2.05, 4.69) is 14.7 Å². The van der Waals surface area contributed by atoms with Crippen LogP contribution < -0.4 is 18.9 Å². The first-order valence-electron chi connectivity index (χ1n) is 11.0. The standard InChI is InChI=1S/C26H21N3O6S/c1-17-2-9-21(10-3-17)36(31,32)29-26(30)25-24(27-12-13-28-25)19-6-4-18(5-7-19)15-33-20-8-11-22-23(14-20)35-16-34-22/h2-14H,15-16H2,1H3,(H,29,30). The smallest absolute Gasteiger partial charge is 0.285 e. The monoisotopic (exact) mass is 503 g/mol. The number of benzene rings is 3. The van der Waals surface area contributed by atoms with Crippen molar-refractivity contribution in [3.05, 3.63) is 95.9 Å². The van der Waals surface area contributed by atoms with Gasteiger partial charge in [0, 0.05) is 24.0 Å². The van der Waals surface area contributed by atoms with E-state index in [4.69, 9.17) is 14.2 Å². The van der Waals surface area contributed by atoms with Gasteiger partial charge in [0.2, 0.25) is 6.79 Å². The molecule has 9 nitrogen and oxygen atoms in total. The van der Waals surface area contributed by atoms with Crippen molar-refractivity contribution in [3.63, 3.8) is 0 Å². The Morgan fingerprint density at radius 3 is 2.44 bits per heavy atom. The average Bonchev–Trinajstić information content (AvgIpc) is 3.36. The van der Waals surface area contributed by atoms with E-state index in [9.17, 15) is 13.2 Å². The van der Waals surface area contributed by atoms with Crippen LogP contribution in [0.5, 0.6) is 17.2 Å². The molecule has 3 aromatic carbocycles. The van der Waals surface area contributed by atoms with Crippen LogP contribution in [0, 0.1) is 6.92 Å². The van der Waals surface area contributed by atoms with Crippen LogP contribution in [0.3, 0.4) is 0 Å². The van der Waals surface area contributed by atoms with Crippen LogP contribution in [0.2, 0.25) is 0 Å². The van der Waals surface area contributed by atoms with Crippen molar-refractivity contribution < 1.29 is 27.4 Å². The minimum Gasteiger partial charge on any atom is -0.489 e. The van der Waals surface area contributed by atoms with E-state index in [-0.39, 0.29) is 23.1 Å². The lowest BCUT2D eigenvalue weighted by atomic mass is 10.1. The van der Waals surface area contributed by atoms with Crippen LogP contribution in [-0.4, -0.2) is 31.1 Å². The summed E-state index contributed by atoms with van der Waals surface area (Å²) in [4.78, 5) is 21.2. The van der Waals surface area contributed by atoms with Gasteiger partial charge in [-0.15, -0.1) is 0 Å². The van der Waals surface area contributed by atoms with E-state index in [1.54, 1.807) is 42.5 Å². The summed E-state index contributed by atoms with van der Waals surface area (Å²) in [5.41, 5.74) is 2.55. The molecule has 0 radical (unpaired) electrons. The summed E-state index contributed by atoms with van der Waals surface area (Å²) < 4.78 is 43.9. The number of carbonyl (C=O) groups excluding carboxylic acids is 1. The Morgan fingerprint density at radius 2 is 1.67 bits per heavy atom. The van der Waals surface area contributed by atoms with Gasteiger partial charge in [-0.1, -0.05) is 42.0 Å². The second kappa shape index (κ2) is 9.67. The van der Waals surface area contributed by atoms with Crippen molar-refractivity contribution in [1.82, 2.24) is 14.7 Å². The van der Waals surface area contributed by atoms with Gasteiger partial charge in [-0.25, -0.2) is 18.1 Å². The highest BCUT2D eigenvalue weighted by molar-refractivity contribution is 7.90. The molecule has 0 spiro atoms. The lowest BCUT2D eigenvalue weighted by Gasteiger charge is -2.11. The summed E-state index contributed by atoms with van der Waals surface area (Å²) in [7, 11) is -4.07. The summed E-state index contributed by atoms with van der Waals surface area (Å²) >= 11 is 0. The highest BCUT2D eigenvalue weighted by Crippen LogP contribution is 2.35. The molecular formula is C26H21N3O6S. The molecule has 1 amide bonds. The molecule has 1 N–H and O–H groups in total. The van der Waals surface area contributed by atoms with Gasteiger partial charge in [0.25, 0.3) is 15.9 Å². The van der Waals surface area contributed by atoms with Gasteiger partial charge in [0.05, 0.1) is 4.90 Å². The van der Waals surface area contributed by atoms with Gasteiger partial charge < -0.3 is 14.2 Å². The van der Waals surface area contributed by atoms with Crippen molar-refractivity contribution in [2.75, 3.05) is 6.79 Å². The molecule has 1 aliphatic heterocycles. The summed E-state index contributed by atoms with van der Waals surface area (Å²) in [6.07, 6.45) is 2.78. The maximum atomic E-state index is 12.9. The number of aromatic nitrogens is 2. The Kier molecular flexibility index (Phi) is 6.26. The lowest BCUT2D eigenvalue weighted by molar-refractivity contribution is 0.0977. The maximum Gasteiger partial charge on any atom is 0.285 e. The number of aryl methyl sites for hydroxylation is 1. The maximum absolute atomic E-state index is 12.9. The molecule has 1 aliphatic rings. The second-order valence-electron chi connectivity index (χ2n) is 8.00. The molecule has 0 saturated carbocycles. The third-order valence-electron chi connectivity index (χ3n) is 5.45. The summed E-state index contributed by atoms with van der Waals surface area (Å²) in [5, 5.41) is 0. The summed E-state index contributed by atoms with van der Waals surface area (Å²) in [6, 6.07) is 18.8. The van der Waals surface area contributed by atoms with E-state index < -0.39 is 15.9 Å². The third kappa shape index (κ3) is 4.98. The number of fused-ring (bicyclic) bond motifs is 1. The Bertz CT molecular complexity index is 1520. The molecule has 5 rings (SSSR count). The number of hydrogen-bond acceptors (Lipinski definition) is 8. The molecule has 4 aromatic rings. The zero-order chi connectivity index (χ0) is 25.1. The van der Waals surface area contributed by atoms with Gasteiger partial charge in [-0.2, -0.15) is 0 Å². The van der Waals surface area contributed by atoms with Crippen molar-refractivity contribution in [1.29, 1.82) is 0 Å². The first-order chi connectivity index (χ1) is 17.4. The van der Waals surface area contributed by atoms with Crippen LogP contribution >= 0.6 is 0 Å². The van der Waals surface area contributed by atoms with Crippen molar-refractivity contribution >= 4 is 15.9 Å². The molecule has 36 heavy (non-hydrogen) atoms. The van der Waals surface area contributed by atoms with Gasteiger partial charge in [0.1, 0.15) is 18.1 Å². The number of ether oxygens (including phenoxy) is 3. The quantitative estimate of drug-likeness (QED) is 0.404. The fourth-order valence-corrected chi connectivity index (χ4v) is 4.51. The van der Waals surface area contributed by atoms with Gasteiger partial charge in [-0.05, 0) is 36.8 Å².